The van der Waals surface area contributed by atoms with E-state index in [0.717, 1.165) is 18.5 Å². The molecule has 2 N–H and O–H groups in total. The normalized spacial score (nSPS) is 18.6. The van der Waals surface area contributed by atoms with Crippen molar-refractivity contribution < 1.29 is 23.9 Å². The van der Waals surface area contributed by atoms with Crippen molar-refractivity contribution in [2.45, 2.75) is 70.9 Å². The molecule has 1 aromatic rings. The van der Waals surface area contributed by atoms with Gasteiger partial charge in [0.05, 0.1) is 17.1 Å². The highest BCUT2D eigenvalue weighted by molar-refractivity contribution is 6.07. The van der Waals surface area contributed by atoms with Gasteiger partial charge in [-0.05, 0) is 40.0 Å². The van der Waals surface area contributed by atoms with E-state index in [1.54, 1.807) is 18.7 Å². The quantitative estimate of drug-likeness (QED) is 0.511. The molecule has 1 aliphatic heterocycles. The number of esters is 1. The van der Waals surface area contributed by atoms with E-state index in [1.165, 1.54) is 11.8 Å². The number of nitrogens with zero attached hydrogens (tertiary/aromatic N) is 3. The second-order valence-electron chi connectivity index (χ2n) is 8.07. The number of carbonyl (C=O) groups excluding carboxylic acids is 4. The zero-order valence-electron chi connectivity index (χ0n) is 17.9. The van der Waals surface area contributed by atoms with E-state index in [-0.39, 0.29) is 25.3 Å². The number of amides is 4. The van der Waals surface area contributed by atoms with E-state index < -0.39 is 29.6 Å². The van der Waals surface area contributed by atoms with Gasteiger partial charge in [-0.3, -0.25) is 24.0 Å². The molecule has 1 spiro atoms. The second kappa shape index (κ2) is 8.45. The van der Waals surface area contributed by atoms with Crippen LogP contribution in [0.2, 0.25) is 0 Å². The number of urea groups is 1. The van der Waals surface area contributed by atoms with Gasteiger partial charge in [0, 0.05) is 20.0 Å². The van der Waals surface area contributed by atoms with Gasteiger partial charge in [-0.25, -0.2) is 4.79 Å². The molecule has 1 aromatic heterocycles. The number of aryl methyl sites for hydroxylation is 2. The Kier molecular flexibility index (Phi) is 6.14. The third-order valence-corrected chi connectivity index (χ3v) is 5.90. The van der Waals surface area contributed by atoms with E-state index in [0.29, 0.717) is 24.2 Å². The van der Waals surface area contributed by atoms with Gasteiger partial charge in [0.15, 0.2) is 6.10 Å². The minimum atomic E-state index is -0.977. The van der Waals surface area contributed by atoms with Crippen molar-refractivity contribution >= 4 is 29.5 Å². The molecule has 4 amide bonds. The summed E-state index contributed by atoms with van der Waals surface area (Å²) in [7, 11) is 1.78. The highest BCUT2D eigenvalue weighted by Crippen LogP contribution is 2.35. The van der Waals surface area contributed by atoms with Gasteiger partial charge in [-0.2, -0.15) is 5.10 Å². The van der Waals surface area contributed by atoms with Gasteiger partial charge >= 0.3 is 12.0 Å². The number of ether oxygens (including phenoxy) is 1. The Morgan fingerprint density at radius 2 is 1.93 bits per heavy atom. The largest absolute Gasteiger partial charge is 0.453 e. The van der Waals surface area contributed by atoms with Crippen LogP contribution in [0.25, 0.3) is 0 Å². The standard InChI is InChI=1S/C20H29N5O5/c1-12-16(13(2)24(4)23-12)21-17(27)14(3)30-15(26)8-7-11-25-18(28)20(22-19(25)29)9-5-6-10-20/h14H,5-11H2,1-4H3,(H,21,27)(H,22,29)/t14-/m0/s1. The lowest BCUT2D eigenvalue weighted by Crippen LogP contribution is -2.44. The number of imide groups is 1. The molecule has 0 radical (unpaired) electrons. The summed E-state index contributed by atoms with van der Waals surface area (Å²) in [6.07, 6.45) is 2.48. The molecule has 0 aromatic carbocycles. The molecular formula is C20H29N5O5. The molecule has 10 nitrogen and oxygen atoms in total. The van der Waals surface area contributed by atoms with Crippen molar-refractivity contribution in [3.05, 3.63) is 11.4 Å². The fourth-order valence-corrected chi connectivity index (χ4v) is 4.07. The first-order chi connectivity index (χ1) is 14.1. The molecule has 1 saturated carbocycles. The van der Waals surface area contributed by atoms with Crippen LogP contribution in [0.5, 0.6) is 0 Å². The van der Waals surface area contributed by atoms with E-state index in [9.17, 15) is 19.2 Å². The number of hydrogen-bond acceptors (Lipinski definition) is 6. The Labute approximate surface area is 175 Å². The van der Waals surface area contributed by atoms with E-state index in [2.05, 4.69) is 15.7 Å². The average Bonchev–Trinajstić information content (AvgIpc) is 3.31. The molecule has 3 rings (SSSR count). The molecule has 2 heterocycles. The minimum absolute atomic E-state index is 0.00658. The van der Waals surface area contributed by atoms with Gasteiger partial charge in [-0.15, -0.1) is 0 Å². The van der Waals surface area contributed by atoms with Crippen LogP contribution in [0, 0.1) is 13.8 Å². The Hall–Kier alpha value is -2.91. The monoisotopic (exact) mass is 419 g/mol. The smallest absolute Gasteiger partial charge is 0.325 e. The topological polar surface area (TPSA) is 123 Å². The predicted octanol–water partition coefficient (Wildman–Crippen LogP) is 1.55. The Balaban J connectivity index is 1.44. The zero-order chi connectivity index (χ0) is 22.1. The first-order valence-electron chi connectivity index (χ1n) is 10.3. The van der Waals surface area contributed by atoms with Crippen molar-refractivity contribution in [2.75, 3.05) is 11.9 Å². The van der Waals surface area contributed by atoms with Crippen molar-refractivity contribution in [2.24, 2.45) is 7.05 Å². The third kappa shape index (κ3) is 4.17. The first-order valence-corrected chi connectivity index (χ1v) is 10.3. The highest BCUT2D eigenvalue weighted by atomic mass is 16.5. The summed E-state index contributed by atoms with van der Waals surface area (Å²) in [6.45, 7) is 5.26. The summed E-state index contributed by atoms with van der Waals surface area (Å²) in [6, 6.07) is -0.398. The first kappa shape index (κ1) is 21.8. The fraction of sp³-hybridized carbons (Fsp3) is 0.650. The lowest BCUT2D eigenvalue weighted by molar-refractivity contribution is -0.153. The summed E-state index contributed by atoms with van der Waals surface area (Å²) in [5, 5.41) is 9.78. The summed E-state index contributed by atoms with van der Waals surface area (Å²) in [5.41, 5.74) is 1.33. The van der Waals surface area contributed by atoms with Crippen LogP contribution < -0.4 is 10.6 Å². The lowest BCUT2D eigenvalue weighted by Gasteiger charge is -2.20. The number of anilines is 1. The van der Waals surface area contributed by atoms with E-state index in [1.807, 2.05) is 6.92 Å². The Morgan fingerprint density at radius 3 is 2.53 bits per heavy atom. The van der Waals surface area contributed by atoms with Crippen molar-refractivity contribution in [1.29, 1.82) is 0 Å². The number of carbonyl (C=O) groups is 4. The van der Waals surface area contributed by atoms with Gasteiger partial charge in [0.25, 0.3) is 11.8 Å². The van der Waals surface area contributed by atoms with Crippen LogP contribution in [0.4, 0.5) is 10.5 Å². The summed E-state index contributed by atoms with van der Waals surface area (Å²) >= 11 is 0. The number of rotatable bonds is 7. The SMILES string of the molecule is Cc1nn(C)c(C)c1NC(=O)[C@H](C)OC(=O)CCCN1C(=O)NC2(CCCC2)C1=O. The molecule has 30 heavy (non-hydrogen) atoms. The maximum Gasteiger partial charge on any atom is 0.325 e. The molecule has 0 unspecified atom stereocenters. The molecule has 2 fully saturated rings. The maximum absolute atomic E-state index is 12.6. The van der Waals surface area contributed by atoms with Crippen LogP contribution >= 0.6 is 0 Å². The third-order valence-electron chi connectivity index (χ3n) is 5.90. The van der Waals surface area contributed by atoms with Crippen LogP contribution in [-0.2, 0) is 26.2 Å². The van der Waals surface area contributed by atoms with E-state index in [4.69, 9.17) is 4.74 Å². The molecule has 2 aliphatic rings. The minimum Gasteiger partial charge on any atom is -0.453 e. The molecule has 10 heteroatoms. The maximum atomic E-state index is 12.6. The molecule has 0 bridgehead atoms. The average molecular weight is 419 g/mol. The van der Waals surface area contributed by atoms with Crippen LogP contribution in [-0.4, -0.2) is 56.7 Å². The number of nitrogens with one attached hydrogen (secondary N) is 2. The zero-order valence-corrected chi connectivity index (χ0v) is 17.9. The van der Waals surface area contributed by atoms with Crippen molar-refractivity contribution in [3.8, 4) is 0 Å². The second-order valence-corrected chi connectivity index (χ2v) is 8.07. The molecule has 1 saturated heterocycles. The summed E-state index contributed by atoms with van der Waals surface area (Å²) < 4.78 is 6.86. The van der Waals surface area contributed by atoms with E-state index >= 15 is 0 Å². The van der Waals surface area contributed by atoms with Crippen LogP contribution in [0.3, 0.4) is 0 Å². The van der Waals surface area contributed by atoms with Gasteiger partial charge in [-0.1, -0.05) is 12.8 Å². The summed E-state index contributed by atoms with van der Waals surface area (Å²) in [4.78, 5) is 50.4. The molecule has 164 valence electrons. The van der Waals surface area contributed by atoms with Gasteiger partial charge in [0.2, 0.25) is 0 Å². The number of hydrogen-bond donors (Lipinski definition) is 2. The Morgan fingerprint density at radius 1 is 1.27 bits per heavy atom. The van der Waals surface area contributed by atoms with Crippen LogP contribution in [0.15, 0.2) is 0 Å². The van der Waals surface area contributed by atoms with Gasteiger partial charge in [0.1, 0.15) is 5.54 Å². The highest BCUT2D eigenvalue weighted by Gasteiger charge is 2.52. The Bertz CT molecular complexity index is 871. The van der Waals surface area contributed by atoms with Crippen molar-refractivity contribution in [3.63, 3.8) is 0 Å². The lowest BCUT2D eigenvalue weighted by atomic mass is 9.98. The molecule has 1 aliphatic carbocycles. The fourth-order valence-electron chi connectivity index (χ4n) is 4.07. The molecule has 1 atom stereocenters. The number of aromatic nitrogens is 2. The summed E-state index contributed by atoms with van der Waals surface area (Å²) in [5.74, 6) is -1.20. The van der Waals surface area contributed by atoms with Gasteiger partial charge < -0.3 is 15.4 Å². The predicted molar refractivity (Wildman–Crippen MR) is 108 cm³/mol. The molecular weight excluding hydrogens is 390 g/mol. The van der Waals surface area contributed by atoms with Crippen LogP contribution in [0.1, 0.15) is 56.8 Å². The van der Waals surface area contributed by atoms with Crippen molar-refractivity contribution in [1.82, 2.24) is 20.0 Å².